The van der Waals surface area contributed by atoms with Crippen LogP contribution in [-0.2, 0) is 10.0 Å². The van der Waals surface area contributed by atoms with E-state index in [-0.39, 0.29) is 27.4 Å². The highest BCUT2D eigenvalue weighted by Gasteiger charge is 2.21. The second kappa shape index (κ2) is 8.68. The lowest BCUT2D eigenvalue weighted by atomic mass is 10.1. The number of sulfonamides is 1. The zero-order chi connectivity index (χ0) is 21.0. The van der Waals surface area contributed by atoms with Crippen LogP contribution in [0.15, 0.2) is 77.7 Å². The van der Waals surface area contributed by atoms with Gasteiger partial charge in [-0.05, 0) is 55.3 Å². The van der Waals surface area contributed by atoms with Gasteiger partial charge in [-0.3, -0.25) is 9.52 Å². The Bertz CT molecular complexity index is 1130. The molecule has 3 aromatic carbocycles. The summed E-state index contributed by atoms with van der Waals surface area (Å²) in [6.45, 7) is 3.73. The predicted molar refractivity (Wildman–Crippen MR) is 116 cm³/mol. The average Bonchev–Trinajstić information content (AvgIpc) is 2.68. The summed E-state index contributed by atoms with van der Waals surface area (Å²) in [4.78, 5) is 12.5. The van der Waals surface area contributed by atoms with Gasteiger partial charge >= 0.3 is 0 Å². The van der Waals surface area contributed by atoms with Gasteiger partial charge in [0.1, 0.15) is 4.90 Å². The van der Waals surface area contributed by atoms with Gasteiger partial charge in [-0.1, -0.05) is 54.1 Å². The van der Waals surface area contributed by atoms with Crippen molar-refractivity contribution in [3.05, 3.63) is 94.5 Å². The Morgan fingerprint density at radius 1 is 0.966 bits per heavy atom. The number of carbonyl (C=O) groups excluding carboxylic acids is 1. The molecule has 0 saturated heterocycles. The molecule has 5 nitrogen and oxygen atoms in total. The molecule has 0 spiro atoms. The molecule has 0 saturated carbocycles. The van der Waals surface area contributed by atoms with Crippen LogP contribution < -0.4 is 10.0 Å². The van der Waals surface area contributed by atoms with Crippen LogP contribution in [0, 0.1) is 6.92 Å². The van der Waals surface area contributed by atoms with Crippen molar-refractivity contribution >= 4 is 33.2 Å². The third-order valence-electron chi connectivity index (χ3n) is 4.40. The van der Waals surface area contributed by atoms with Crippen molar-refractivity contribution < 1.29 is 13.2 Å². The molecule has 0 aromatic heterocycles. The molecule has 0 aliphatic rings. The number of rotatable bonds is 6. The van der Waals surface area contributed by atoms with Gasteiger partial charge in [0.2, 0.25) is 0 Å². The Balaban J connectivity index is 1.84. The van der Waals surface area contributed by atoms with Crippen molar-refractivity contribution in [3.8, 4) is 0 Å². The third-order valence-corrected chi connectivity index (χ3v) is 6.26. The molecule has 29 heavy (non-hydrogen) atoms. The van der Waals surface area contributed by atoms with E-state index in [0.717, 1.165) is 11.1 Å². The first-order valence-electron chi connectivity index (χ1n) is 9.01. The summed E-state index contributed by atoms with van der Waals surface area (Å²) >= 11 is 6.13. The highest BCUT2D eigenvalue weighted by atomic mass is 35.5. The Hall–Kier alpha value is -2.83. The summed E-state index contributed by atoms with van der Waals surface area (Å²) < 4.78 is 28.2. The maximum absolute atomic E-state index is 12.8. The minimum absolute atomic E-state index is 0.0396. The maximum atomic E-state index is 12.8. The Morgan fingerprint density at radius 3 is 2.38 bits per heavy atom. The monoisotopic (exact) mass is 428 g/mol. The molecule has 2 N–H and O–H groups in total. The van der Waals surface area contributed by atoms with Crippen LogP contribution >= 0.6 is 11.6 Å². The Labute approximate surface area is 175 Å². The summed E-state index contributed by atoms with van der Waals surface area (Å²) in [7, 11) is -3.96. The van der Waals surface area contributed by atoms with E-state index in [2.05, 4.69) is 10.0 Å². The van der Waals surface area contributed by atoms with Gasteiger partial charge in [-0.25, -0.2) is 8.42 Å². The normalized spacial score (nSPS) is 12.2. The largest absolute Gasteiger partial charge is 0.346 e. The first kappa shape index (κ1) is 20.9. The van der Waals surface area contributed by atoms with Gasteiger partial charge in [-0.2, -0.15) is 0 Å². The van der Waals surface area contributed by atoms with E-state index < -0.39 is 10.0 Å². The number of anilines is 1. The summed E-state index contributed by atoms with van der Waals surface area (Å²) in [6, 6.07) is 20.4. The van der Waals surface area contributed by atoms with E-state index in [1.165, 1.54) is 18.2 Å². The van der Waals surface area contributed by atoms with E-state index in [4.69, 9.17) is 11.6 Å². The van der Waals surface area contributed by atoms with Crippen molar-refractivity contribution in [3.63, 3.8) is 0 Å². The Morgan fingerprint density at radius 2 is 1.69 bits per heavy atom. The summed E-state index contributed by atoms with van der Waals surface area (Å²) in [6.07, 6.45) is 0. The second-order valence-corrected chi connectivity index (χ2v) is 8.78. The summed E-state index contributed by atoms with van der Waals surface area (Å²) in [5.41, 5.74) is 2.50. The second-order valence-electron chi connectivity index (χ2n) is 6.73. The third kappa shape index (κ3) is 5.16. The molecule has 0 fully saturated rings. The van der Waals surface area contributed by atoms with Crippen molar-refractivity contribution in [1.82, 2.24) is 5.32 Å². The fourth-order valence-corrected chi connectivity index (χ4v) is 4.45. The first-order chi connectivity index (χ1) is 13.8. The van der Waals surface area contributed by atoms with E-state index >= 15 is 0 Å². The topological polar surface area (TPSA) is 75.3 Å². The van der Waals surface area contributed by atoms with Crippen molar-refractivity contribution in [2.75, 3.05) is 4.72 Å². The molecular weight excluding hydrogens is 408 g/mol. The molecule has 0 aliphatic carbocycles. The SMILES string of the molecule is Cc1cccc(NS(=O)(=O)c2cc(C(=O)N[C@@H](C)c3ccccc3)ccc2Cl)c1. The fourth-order valence-electron chi connectivity index (χ4n) is 2.87. The van der Waals surface area contributed by atoms with Crippen molar-refractivity contribution in [2.24, 2.45) is 0 Å². The fraction of sp³-hybridized carbons (Fsp3) is 0.136. The molecule has 1 atom stereocenters. The molecule has 0 unspecified atom stereocenters. The number of aryl methyl sites for hydroxylation is 1. The molecule has 0 heterocycles. The quantitative estimate of drug-likeness (QED) is 0.583. The van der Waals surface area contributed by atoms with Crippen LogP contribution in [0.4, 0.5) is 5.69 Å². The molecule has 0 aliphatic heterocycles. The number of hydrogen-bond donors (Lipinski definition) is 2. The maximum Gasteiger partial charge on any atom is 0.263 e. The predicted octanol–water partition coefficient (Wildman–Crippen LogP) is 4.94. The van der Waals surface area contributed by atoms with E-state index in [1.807, 2.05) is 50.2 Å². The number of hydrogen-bond acceptors (Lipinski definition) is 3. The van der Waals surface area contributed by atoms with Crippen LogP contribution in [0.5, 0.6) is 0 Å². The highest BCUT2D eigenvalue weighted by Crippen LogP contribution is 2.26. The van der Waals surface area contributed by atoms with Crippen LogP contribution in [0.2, 0.25) is 5.02 Å². The molecule has 3 aromatic rings. The number of benzene rings is 3. The molecule has 0 radical (unpaired) electrons. The van der Waals surface area contributed by atoms with E-state index in [0.29, 0.717) is 5.69 Å². The van der Waals surface area contributed by atoms with Crippen LogP contribution in [0.1, 0.15) is 34.5 Å². The number of amides is 1. The lowest BCUT2D eigenvalue weighted by molar-refractivity contribution is 0.0939. The zero-order valence-electron chi connectivity index (χ0n) is 16.0. The summed E-state index contributed by atoms with van der Waals surface area (Å²) in [5.74, 6) is -0.384. The lowest BCUT2D eigenvalue weighted by Gasteiger charge is -2.15. The molecule has 0 bridgehead atoms. The van der Waals surface area contributed by atoms with Gasteiger partial charge in [0.25, 0.3) is 15.9 Å². The van der Waals surface area contributed by atoms with Crippen LogP contribution in [0.3, 0.4) is 0 Å². The minimum atomic E-state index is -3.96. The average molecular weight is 429 g/mol. The standard InChI is InChI=1S/C22H21ClN2O3S/c1-15-7-6-10-19(13-15)25-29(27,28)21-14-18(11-12-20(21)23)22(26)24-16(2)17-8-4-3-5-9-17/h3-14,16,25H,1-2H3,(H,24,26)/t16-/m0/s1. The summed E-state index contributed by atoms with van der Waals surface area (Å²) in [5, 5.41) is 2.91. The van der Waals surface area contributed by atoms with Gasteiger partial charge in [-0.15, -0.1) is 0 Å². The lowest BCUT2D eigenvalue weighted by Crippen LogP contribution is -2.27. The van der Waals surface area contributed by atoms with Crippen molar-refractivity contribution in [2.45, 2.75) is 24.8 Å². The van der Waals surface area contributed by atoms with E-state index in [9.17, 15) is 13.2 Å². The minimum Gasteiger partial charge on any atom is -0.346 e. The first-order valence-corrected chi connectivity index (χ1v) is 10.9. The van der Waals surface area contributed by atoms with Gasteiger partial charge in [0.15, 0.2) is 0 Å². The number of carbonyl (C=O) groups is 1. The van der Waals surface area contributed by atoms with Gasteiger partial charge < -0.3 is 5.32 Å². The molecular formula is C22H21ClN2O3S. The smallest absolute Gasteiger partial charge is 0.263 e. The van der Waals surface area contributed by atoms with E-state index in [1.54, 1.807) is 18.2 Å². The molecule has 1 amide bonds. The highest BCUT2D eigenvalue weighted by molar-refractivity contribution is 7.92. The molecule has 7 heteroatoms. The van der Waals surface area contributed by atoms with Crippen molar-refractivity contribution in [1.29, 1.82) is 0 Å². The van der Waals surface area contributed by atoms with Gasteiger partial charge in [0.05, 0.1) is 11.1 Å². The number of halogens is 1. The molecule has 3 rings (SSSR count). The van der Waals surface area contributed by atoms with Crippen LogP contribution in [0.25, 0.3) is 0 Å². The number of nitrogens with one attached hydrogen (secondary N) is 2. The van der Waals surface area contributed by atoms with Crippen LogP contribution in [-0.4, -0.2) is 14.3 Å². The van der Waals surface area contributed by atoms with Gasteiger partial charge in [0, 0.05) is 11.3 Å². The molecule has 150 valence electrons. The Kier molecular flexibility index (Phi) is 6.25. The zero-order valence-corrected chi connectivity index (χ0v) is 17.6.